The maximum Gasteiger partial charge on any atom is 0.356 e. The smallest absolute Gasteiger partial charge is 0.356 e. The monoisotopic (exact) mass is 354 g/mol. The Bertz CT molecular complexity index is 642. The number of aromatic carboxylic acids is 1. The number of carboxylic acids is 1. The van der Waals surface area contributed by atoms with Gasteiger partial charge in [-0.3, -0.25) is 0 Å². The molecule has 112 valence electrons. The van der Waals surface area contributed by atoms with Crippen molar-refractivity contribution in [3.05, 3.63) is 46.0 Å². The van der Waals surface area contributed by atoms with Gasteiger partial charge in [-0.1, -0.05) is 13.0 Å². The molecular weight excluding hydrogens is 340 g/mol. The average Bonchev–Trinajstić information content (AvgIpc) is 2.94. The van der Waals surface area contributed by atoms with Crippen LogP contribution in [0, 0.1) is 0 Å². The number of aliphatic hydroxyl groups excluding tert-OH is 1. The summed E-state index contributed by atoms with van der Waals surface area (Å²) in [7, 11) is 0. The van der Waals surface area contributed by atoms with Gasteiger partial charge in [0.1, 0.15) is 11.9 Å². The number of ether oxygens (including phenoxy) is 1. The Labute approximate surface area is 129 Å². The van der Waals surface area contributed by atoms with Crippen LogP contribution in [0.4, 0.5) is 0 Å². The predicted octanol–water partition coefficient (Wildman–Crippen LogP) is 2.74. The van der Waals surface area contributed by atoms with Crippen molar-refractivity contribution in [2.75, 3.05) is 6.61 Å². The highest BCUT2D eigenvalue weighted by atomic mass is 79.9. The topological polar surface area (TPSA) is 95.4 Å². The summed E-state index contributed by atoms with van der Waals surface area (Å²) in [6, 6.07) is 5.12. The maximum atomic E-state index is 11.0. The molecule has 1 heterocycles. The number of hydrogen-bond acceptors (Lipinski definition) is 4. The van der Waals surface area contributed by atoms with E-state index in [1.807, 2.05) is 6.92 Å². The van der Waals surface area contributed by atoms with Crippen molar-refractivity contribution in [2.24, 2.45) is 0 Å². The molecule has 3 N–H and O–H groups in total. The lowest BCUT2D eigenvalue weighted by Crippen LogP contribution is -2.08. The molecule has 2 rings (SSSR count). The Morgan fingerprint density at radius 3 is 2.90 bits per heavy atom. The zero-order valence-electron chi connectivity index (χ0n) is 11.3. The number of aromatic nitrogens is 2. The Hall–Kier alpha value is -1.86. The Morgan fingerprint density at radius 1 is 1.52 bits per heavy atom. The first-order valence-electron chi connectivity index (χ1n) is 6.41. The molecular formula is C14H15BrN2O4. The van der Waals surface area contributed by atoms with Gasteiger partial charge in [-0.05, 0) is 40.0 Å². The van der Waals surface area contributed by atoms with E-state index < -0.39 is 12.1 Å². The lowest BCUT2D eigenvalue weighted by atomic mass is 10.1. The summed E-state index contributed by atoms with van der Waals surface area (Å²) in [6.45, 7) is 2.61. The van der Waals surface area contributed by atoms with Crippen LogP contribution >= 0.6 is 15.9 Å². The molecule has 21 heavy (non-hydrogen) atoms. The van der Waals surface area contributed by atoms with Crippen LogP contribution in [0.3, 0.4) is 0 Å². The number of carbonyl (C=O) groups is 1. The van der Waals surface area contributed by atoms with Gasteiger partial charge in [0.15, 0.2) is 5.69 Å². The second kappa shape index (κ2) is 6.73. The van der Waals surface area contributed by atoms with Gasteiger partial charge in [0.05, 0.1) is 23.1 Å². The van der Waals surface area contributed by atoms with Crippen LogP contribution in [0.25, 0.3) is 0 Å². The third kappa shape index (κ3) is 3.43. The number of aliphatic hydroxyl groups is 1. The largest absolute Gasteiger partial charge is 0.492 e. The van der Waals surface area contributed by atoms with Gasteiger partial charge in [-0.25, -0.2) is 9.78 Å². The van der Waals surface area contributed by atoms with Crippen LogP contribution in [0.2, 0.25) is 0 Å². The van der Waals surface area contributed by atoms with Gasteiger partial charge < -0.3 is 19.9 Å². The number of nitrogens with zero attached hydrogens (tertiary/aromatic N) is 1. The van der Waals surface area contributed by atoms with Crippen molar-refractivity contribution in [1.29, 1.82) is 0 Å². The van der Waals surface area contributed by atoms with Crippen molar-refractivity contribution in [3.63, 3.8) is 0 Å². The lowest BCUT2D eigenvalue weighted by Gasteiger charge is -2.13. The van der Waals surface area contributed by atoms with Crippen LogP contribution in [-0.2, 0) is 0 Å². The summed E-state index contributed by atoms with van der Waals surface area (Å²) in [5, 5.41) is 19.3. The number of benzene rings is 1. The summed E-state index contributed by atoms with van der Waals surface area (Å²) in [5.74, 6) is -0.511. The number of nitrogens with one attached hydrogen (secondary N) is 1. The Kier molecular flexibility index (Phi) is 4.98. The predicted molar refractivity (Wildman–Crippen MR) is 79.5 cm³/mol. The number of aromatic amines is 1. The molecule has 0 fully saturated rings. The van der Waals surface area contributed by atoms with E-state index in [-0.39, 0.29) is 11.4 Å². The van der Waals surface area contributed by atoms with Crippen LogP contribution in [0.15, 0.2) is 29.0 Å². The number of halogens is 1. The molecule has 0 spiro atoms. The molecule has 0 amide bonds. The molecule has 7 heteroatoms. The number of hydrogen-bond donors (Lipinski definition) is 3. The van der Waals surface area contributed by atoms with Crippen molar-refractivity contribution in [3.8, 4) is 5.75 Å². The molecule has 0 bridgehead atoms. The second-order valence-corrected chi connectivity index (χ2v) is 5.27. The van der Waals surface area contributed by atoms with Crippen LogP contribution < -0.4 is 4.74 Å². The highest BCUT2D eigenvalue weighted by Crippen LogP contribution is 2.31. The van der Waals surface area contributed by atoms with Gasteiger partial charge in [-0.15, -0.1) is 0 Å². The van der Waals surface area contributed by atoms with E-state index in [1.54, 1.807) is 18.2 Å². The van der Waals surface area contributed by atoms with Crippen LogP contribution in [0.1, 0.15) is 41.2 Å². The molecule has 2 aromatic rings. The molecule has 0 saturated carbocycles. The molecule has 1 aromatic carbocycles. The number of H-pyrrole nitrogens is 1. The Morgan fingerprint density at radius 2 is 2.29 bits per heavy atom. The zero-order valence-corrected chi connectivity index (χ0v) is 12.9. The fraction of sp³-hybridized carbons (Fsp3) is 0.286. The Balaban J connectivity index is 2.27. The van der Waals surface area contributed by atoms with Crippen LogP contribution in [-0.4, -0.2) is 32.8 Å². The summed E-state index contributed by atoms with van der Waals surface area (Å²) in [4.78, 5) is 17.4. The first-order chi connectivity index (χ1) is 10.0. The van der Waals surface area contributed by atoms with Crippen molar-refractivity contribution < 1.29 is 19.7 Å². The molecule has 0 radical (unpaired) electrons. The van der Waals surface area contributed by atoms with Gasteiger partial charge >= 0.3 is 5.97 Å². The average molecular weight is 355 g/mol. The summed E-state index contributed by atoms with van der Waals surface area (Å²) in [5.41, 5.74) is 0.499. The van der Waals surface area contributed by atoms with E-state index >= 15 is 0 Å². The first kappa shape index (κ1) is 15.5. The van der Waals surface area contributed by atoms with Gasteiger partial charge in [0, 0.05) is 0 Å². The fourth-order valence-electron chi connectivity index (χ4n) is 1.87. The van der Waals surface area contributed by atoms with E-state index in [2.05, 4.69) is 25.9 Å². The van der Waals surface area contributed by atoms with E-state index in [4.69, 9.17) is 9.84 Å². The standard InChI is InChI=1S/C14H15BrN2O4/c1-2-5-21-10-4-3-8(6-9(10)15)13(18)11-12(14(19)20)17-7-16-11/h3-4,6-7,13,18H,2,5H2,1H3,(H,16,17)(H,19,20). The zero-order chi connectivity index (χ0) is 15.4. The van der Waals surface area contributed by atoms with Gasteiger partial charge in [-0.2, -0.15) is 0 Å². The minimum atomic E-state index is -1.19. The summed E-state index contributed by atoms with van der Waals surface area (Å²) < 4.78 is 6.23. The molecule has 1 unspecified atom stereocenters. The van der Waals surface area contributed by atoms with E-state index in [0.717, 1.165) is 6.42 Å². The summed E-state index contributed by atoms with van der Waals surface area (Å²) in [6.07, 6.45) is 1.04. The minimum absolute atomic E-state index is 0.150. The highest BCUT2D eigenvalue weighted by molar-refractivity contribution is 9.10. The highest BCUT2D eigenvalue weighted by Gasteiger charge is 2.22. The fourth-order valence-corrected chi connectivity index (χ4v) is 2.38. The van der Waals surface area contributed by atoms with Crippen molar-refractivity contribution >= 4 is 21.9 Å². The molecule has 0 saturated heterocycles. The lowest BCUT2D eigenvalue weighted by molar-refractivity contribution is 0.0685. The normalized spacial score (nSPS) is 12.1. The molecule has 0 aliphatic heterocycles. The third-order valence-corrected chi connectivity index (χ3v) is 3.50. The summed E-state index contributed by atoms with van der Waals surface area (Å²) >= 11 is 3.38. The third-order valence-electron chi connectivity index (χ3n) is 2.88. The second-order valence-electron chi connectivity index (χ2n) is 4.41. The van der Waals surface area contributed by atoms with Gasteiger partial charge in [0.25, 0.3) is 0 Å². The first-order valence-corrected chi connectivity index (χ1v) is 7.20. The quantitative estimate of drug-likeness (QED) is 0.741. The van der Waals surface area contributed by atoms with Crippen LogP contribution in [0.5, 0.6) is 5.75 Å². The van der Waals surface area contributed by atoms with E-state index in [0.29, 0.717) is 22.4 Å². The SMILES string of the molecule is CCCOc1ccc(C(O)c2[nH]cnc2C(=O)O)cc1Br. The number of carboxylic acid groups (broad SMARTS) is 1. The van der Waals surface area contributed by atoms with Gasteiger partial charge in [0.2, 0.25) is 0 Å². The molecule has 0 aliphatic rings. The number of rotatable bonds is 6. The van der Waals surface area contributed by atoms with Crippen molar-refractivity contribution in [1.82, 2.24) is 9.97 Å². The van der Waals surface area contributed by atoms with Crippen molar-refractivity contribution in [2.45, 2.75) is 19.4 Å². The maximum absolute atomic E-state index is 11.0. The minimum Gasteiger partial charge on any atom is -0.492 e. The molecule has 1 aromatic heterocycles. The molecule has 0 aliphatic carbocycles. The van der Waals surface area contributed by atoms with E-state index in [1.165, 1.54) is 6.33 Å². The number of imidazole rings is 1. The van der Waals surface area contributed by atoms with E-state index in [9.17, 15) is 9.90 Å². The molecule has 1 atom stereocenters. The molecule has 6 nitrogen and oxygen atoms in total.